The Balaban J connectivity index is 0.00000113. The van der Waals surface area contributed by atoms with E-state index in [-0.39, 0.29) is 17.9 Å². The fourth-order valence-electron chi connectivity index (χ4n) is 3.59. The highest BCUT2D eigenvalue weighted by Crippen LogP contribution is 2.43. The Morgan fingerprint density at radius 1 is 1.00 bits per heavy atom. The minimum atomic E-state index is 0. The molecule has 4 nitrogen and oxygen atoms in total. The highest BCUT2D eigenvalue weighted by molar-refractivity contribution is 7.99. The molecule has 4 N–H and O–H groups in total. The second-order valence-electron chi connectivity index (χ2n) is 6.57. The van der Waals surface area contributed by atoms with Crippen molar-refractivity contribution in [2.45, 2.75) is 22.3 Å². The Morgan fingerprint density at radius 2 is 1.72 bits per heavy atom. The van der Waals surface area contributed by atoms with Crippen LogP contribution in [0.3, 0.4) is 0 Å². The average molecular weight is 380 g/mol. The summed E-state index contributed by atoms with van der Waals surface area (Å²) >= 11 is 1.89. The zero-order chi connectivity index (χ0) is 15.8. The maximum atomic E-state index is 6.12. The summed E-state index contributed by atoms with van der Waals surface area (Å²) in [6.07, 6.45) is 1.07. The monoisotopic (exact) mass is 379 g/mol. The van der Waals surface area contributed by atoms with E-state index in [1.807, 2.05) is 17.8 Å². The fraction of sp³-hybridized carbons (Fsp3) is 0.368. The van der Waals surface area contributed by atoms with Crippen LogP contribution >= 0.6 is 24.2 Å². The molecule has 0 spiro atoms. The van der Waals surface area contributed by atoms with Crippen LogP contribution in [-0.2, 0) is 6.42 Å². The molecule has 2 aliphatic rings. The molecule has 25 heavy (non-hydrogen) atoms. The first kappa shape index (κ1) is 20.1. The largest absolute Gasteiger partial charge is 0.412 e. The van der Waals surface area contributed by atoms with E-state index in [4.69, 9.17) is 5.73 Å². The van der Waals surface area contributed by atoms with Crippen LogP contribution in [0.25, 0.3) is 0 Å². The summed E-state index contributed by atoms with van der Waals surface area (Å²) in [5, 5.41) is 0. The molecule has 2 aromatic rings. The van der Waals surface area contributed by atoms with Gasteiger partial charge in [0.1, 0.15) is 0 Å². The van der Waals surface area contributed by atoms with Crippen molar-refractivity contribution in [1.29, 1.82) is 0 Å². The van der Waals surface area contributed by atoms with Crippen LogP contribution in [0.1, 0.15) is 17.2 Å². The van der Waals surface area contributed by atoms with E-state index < -0.39 is 0 Å². The van der Waals surface area contributed by atoms with Gasteiger partial charge in [0.15, 0.2) is 0 Å². The molecule has 0 amide bonds. The number of nitrogens with two attached hydrogens (primary N) is 1. The maximum absolute atomic E-state index is 6.12. The number of nitrogens with zero attached hydrogens (tertiary/aromatic N) is 2. The molecular formula is C19H26ClN3OS. The van der Waals surface area contributed by atoms with Gasteiger partial charge in [-0.05, 0) is 48.9 Å². The molecule has 2 heterocycles. The third-order valence-corrected chi connectivity index (χ3v) is 6.19. The number of nitrogen functional groups attached to an aromatic ring is 1. The van der Waals surface area contributed by atoms with Gasteiger partial charge in [0.05, 0.1) is 0 Å². The first-order chi connectivity index (χ1) is 11.2. The van der Waals surface area contributed by atoms with Gasteiger partial charge in [0.25, 0.3) is 0 Å². The van der Waals surface area contributed by atoms with Gasteiger partial charge in [-0.15, -0.1) is 12.4 Å². The lowest BCUT2D eigenvalue weighted by atomic mass is 9.96. The summed E-state index contributed by atoms with van der Waals surface area (Å²) in [4.78, 5) is 7.79. The van der Waals surface area contributed by atoms with Crippen LogP contribution < -0.4 is 5.73 Å². The van der Waals surface area contributed by atoms with Crippen LogP contribution in [0.4, 0.5) is 5.69 Å². The minimum absolute atomic E-state index is 0. The van der Waals surface area contributed by atoms with Gasteiger partial charge in [-0.25, -0.2) is 0 Å². The number of piperazine rings is 1. The molecule has 2 aromatic carbocycles. The molecule has 1 saturated heterocycles. The van der Waals surface area contributed by atoms with Crippen LogP contribution in [0, 0.1) is 0 Å². The minimum Gasteiger partial charge on any atom is -0.412 e. The molecule has 1 fully saturated rings. The maximum Gasteiger partial charge on any atom is 0.0401 e. The van der Waals surface area contributed by atoms with Gasteiger partial charge in [0, 0.05) is 47.7 Å². The summed E-state index contributed by atoms with van der Waals surface area (Å²) < 4.78 is 0. The quantitative estimate of drug-likeness (QED) is 0.774. The number of likely N-dealkylation sites (N-methyl/N-ethyl adjacent to an activating group) is 1. The predicted octanol–water partition coefficient (Wildman–Crippen LogP) is 2.86. The van der Waals surface area contributed by atoms with E-state index in [1.54, 1.807) is 0 Å². The second kappa shape index (κ2) is 8.43. The third kappa shape index (κ3) is 4.13. The normalized spacial score (nSPS) is 20.4. The molecule has 6 heteroatoms. The number of hydrogen-bond acceptors (Lipinski definition) is 4. The highest BCUT2D eigenvalue weighted by Gasteiger charge is 2.29. The molecule has 136 valence electrons. The number of rotatable bonds is 1. The van der Waals surface area contributed by atoms with Crippen molar-refractivity contribution in [3.8, 4) is 0 Å². The van der Waals surface area contributed by atoms with Gasteiger partial charge in [0.2, 0.25) is 0 Å². The van der Waals surface area contributed by atoms with Crippen LogP contribution in [-0.4, -0.2) is 48.5 Å². The van der Waals surface area contributed by atoms with E-state index in [0.29, 0.717) is 6.04 Å². The van der Waals surface area contributed by atoms with E-state index >= 15 is 0 Å². The summed E-state index contributed by atoms with van der Waals surface area (Å²) in [5.41, 5.74) is 9.84. The van der Waals surface area contributed by atoms with E-state index in [1.165, 1.54) is 20.9 Å². The molecule has 2 aliphatic heterocycles. The fourth-order valence-corrected chi connectivity index (χ4v) is 4.70. The molecule has 0 aliphatic carbocycles. The smallest absolute Gasteiger partial charge is 0.0401 e. The zero-order valence-electron chi connectivity index (χ0n) is 14.4. The van der Waals surface area contributed by atoms with Gasteiger partial charge >= 0.3 is 0 Å². The first-order valence-electron chi connectivity index (χ1n) is 8.28. The summed E-state index contributed by atoms with van der Waals surface area (Å²) in [6, 6.07) is 15.7. The van der Waals surface area contributed by atoms with E-state index in [9.17, 15) is 0 Å². The van der Waals surface area contributed by atoms with Gasteiger partial charge in [-0.2, -0.15) is 0 Å². The molecular weight excluding hydrogens is 354 g/mol. The van der Waals surface area contributed by atoms with Crippen molar-refractivity contribution in [2.24, 2.45) is 0 Å². The zero-order valence-corrected chi connectivity index (χ0v) is 16.1. The molecule has 0 bridgehead atoms. The molecule has 1 unspecified atom stereocenters. The molecule has 0 aromatic heterocycles. The van der Waals surface area contributed by atoms with Crippen molar-refractivity contribution in [3.63, 3.8) is 0 Å². The topological polar surface area (TPSA) is 64.0 Å². The lowest BCUT2D eigenvalue weighted by Gasteiger charge is -2.38. The van der Waals surface area contributed by atoms with Crippen molar-refractivity contribution < 1.29 is 5.48 Å². The molecule has 1 atom stereocenters. The Morgan fingerprint density at radius 3 is 2.48 bits per heavy atom. The Kier molecular flexibility index (Phi) is 6.77. The number of hydrogen-bond donors (Lipinski definition) is 1. The SMILES string of the molecule is CN1CCN(C2Cc3ccccc3Sc3ccc(N)cc32)CC1.Cl.O. The van der Waals surface area contributed by atoms with E-state index in [2.05, 4.69) is 53.2 Å². The van der Waals surface area contributed by atoms with Crippen molar-refractivity contribution in [3.05, 3.63) is 53.6 Å². The molecule has 4 rings (SSSR count). The highest BCUT2D eigenvalue weighted by atomic mass is 35.5. The van der Waals surface area contributed by atoms with Crippen molar-refractivity contribution in [2.75, 3.05) is 39.0 Å². The predicted molar refractivity (Wildman–Crippen MR) is 108 cm³/mol. The first-order valence-corrected chi connectivity index (χ1v) is 9.10. The van der Waals surface area contributed by atoms with Crippen molar-refractivity contribution >= 4 is 29.9 Å². The number of anilines is 1. The summed E-state index contributed by atoms with van der Waals surface area (Å²) in [6.45, 7) is 4.54. The second-order valence-corrected chi connectivity index (χ2v) is 7.65. The lowest BCUT2D eigenvalue weighted by molar-refractivity contribution is 0.110. The van der Waals surface area contributed by atoms with Gasteiger partial charge < -0.3 is 16.1 Å². The van der Waals surface area contributed by atoms with Crippen molar-refractivity contribution in [1.82, 2.24) is 9.80 Å². The average Bonchev–Trinajstić information content (AvgIpc) is 2.72. The van der Waals surface area contributed by atoms with Gasteiger partial charge in [-0.1, -0.05) is 30.0 Å². The van der Waals surface area contributed by atoms with E-state index in [0.717, 1.165) is 38.3 Å². The Bertz CT molecular complexity index is 720. The van der Waals surface area contributed by atoms with Gasteiger partial charge in [-0.3, -0.25) is 4.90 Å². The summed E-state index contributed by atoms with van der Waals surface area (Å²) in [7, 11) is 2.21. The Hall–Kier alpha value is -1.24. The number of halogens is 1. The van der Waals surface area contributed by atoms with Crippen LogP contribution in [0.2, 0.25) is 0 Å². The lowest BCUT2D eigenvalue weighted by Crippen LogP contribution is -2.46. The third-order valence-electron chi connectivity index (χ3n) is 4.98. The molecule has 0 radical (unpaired) electrons. The van der Waals surface area contributed by atoms with Crippen LogP contribution in [0.5, 0.6) is 0 Å². The standard InChI is InChI=1S/C19H23N3S.ClH.H2O/c1-21-8-10-22(11-9-21)17-12-14-4-2-3-5-18(14)23-19-7-6-15(20)13-16(17)19;;/h2-7,13,17H,8-12,20H2,1H3;1H;1H2. The Labute approximate surface area is 160 Å². The molecule has 0 saturated carbocycles. The van der Waals surface area contributed by atoms with Crippen LogP contribution in [0.15, 0.2) is 52.3 Å². The number of fused-ring (bicyclic) bond motifs is 2. The number of benzene rings is 2. The summed E-state index contributed by atoms with van der Waals surface area (Å²) in [5.74, 6) is 0.